The van der Waals surface area contributed by atoms with E-state index in [9.17, 15) is 34.9 Å². The summed E-state index contributed by atoms with van der Waals surface area (Å²) in [6.45, 7) is 0. The minimum atomic E-state index is -2.04. The van der Waals surface area contributed by atoms with E-state index in [1.165, 1.54) is 29.7 Å². The fourth-order valence-electron chi connectivity index (χ4n) is 2.42. The number of nitrogens with zero attached hydrogens (tertiary/aromatic N) is 1. The minimum Gasteiger partial charge on any atom is -0.508 e. The van der Waals surface area contributed by atoms with Gasteiger partial charge >= 0.3 is 7.12 Å². The Morgan fingerprint density at radius 2 is 1.79 bits per heavy atom. The normalized spacial score (nSPS) is 11.4. The van der Waals surface area contributed by atoms with E-state index in [4.69, 9.17) is 5.21 Å². The van der Waals surface area contributed by atoms with E-state index >= 15 is 0 Å². The van der Waals surface area contributed by atoms with E-state index in [0.29, 0.717) is 5.56 Å². The molecule has 1 atom stereocenters. The zero-order valence-electron chi connectivity index (χ0n) is 14.3. The van der Waals surface area contributed by atoms with Gasteiger partial charge < -0.3 is 20.5 Å². The van der Waals surface area contributed by atoms with Crippen molar-refractivity contribution in [3.8, 4) is 5.75 Å². The van der Waals surface area contributed by atoms with E-state index in [0.717, 1.165) is 18.2 Å². The van der Waals surface area contributed by atoms with Crippen LogP contribution < -0.4 is 16.3 Å². The highest BCUT2D eigenvalue weighted by Gasteiger charge is 2.25. The summed E-state index contributed by atoms with van der Waals surface area (Å²) < 4.78 is 0. The monoisotopic (exact) mass is 389 g/mol. The molecule has 0 aliphatic rings. The number of benzene rings is 2. The lowest BCUT2D eigenvalue weighted by molar-refractivity contribution is -0.384. The second kappa shape index (κ2) is 8.95. The van der Waals surface area contributed by atoms with Gasteiger partial charge in [0.2, 0.25) is 0 Å². The molecule has 12 heteroatoms. The molecule has 0 aromatic heterocycles. The molecule has 28 heavy (non-hydrogen) atoms. The molecule has 6 N–H and O–H groups in total. The van der Waals surface area contributed by atoms with Crippen molar-refractivity contribution in [3.05, 3.63) is 63.7 Å². The van der Waals surface area contributed by atoms with Crippen molar-refractivity contribution in [2.24, 2.45) is 0 Å². The number of carbonyl (C=O) groups excluding carboxylic acids is 2. The Balaban J connectivity index is 2.28. The van der Waals surface area contributed by atoms with Crippen LogP contribution in [0.5, 0.6) is 5.75 Å². The predicted octanol–water partition coefficient (Wildman–Crippen LogP) is -1.17. The molecule has 0 fully saturated rings. The fourth-order valence-corrected chi connectivity index (χ4v) is 2.42. The summed E-state index contributed by atoms with van der Waals surface area (Å²) >= 11 is 0. The van der Waals surface area contributed by atoms with E-state index in [2.05, 4.69) is 5.32 Å². The zero-order valence-corrected chi connectivity index (χ0v) is 14.3. The van der Waals surface area contributed by atoms with Gasteiger partial charge in [0, 0.05) is 24.1 Å². The number of amides is 2. The second-order valence-corrected chi connectivity index (χ2v) is 5.82. The Bertz CT molecular complexity index is 888. The molecule has 0 saturated carbocycles. The van der Waals surface area contributed by atoms with Crippen LogP contribution in [0.1, 0.15) is 15.9 Å². The van der Waals surface area contributed by atoms with Crippen molar-refractivity contribution in [2.75, 3.05) is 0 Å². The van der Waals surface area contributed by atoms with Crippen LogP contribution in [0, 0.1) is 10.1 Å². The number of nitrogens with one attached hydrogen (secondary N) is 2. The van der Waals surface area contributed by atoms with Gasteiger partial charge in [-0.15, -0.1) is 0 Å². The predicted molar refractivity (Wildman–Crippen MR) is 95.9 cm³/mol. The standard InChI is InChI=1S/C16H16BN3O8/c21-13-3-1-9(2-4-13)5-14(16(23)19-26)18-15(22)10-6-11(17(24)25)8-12(7-10)20(27)28/h1-4,6-8,14,21,24-26H,5H2,(H,18,22)(H,19,23)/t14-/m0/s1. The van der Waals surface area contributed by atoms with Crippen molar-refractivity contribution in [1.82, 2.24) is 10.8 Å². The van der Waals surface area contributed by atoms with Crippen LogP contribution in [0.4, 0.5) is 5.69 Å². The molecule has 0 bridgehead atoms. The second-order valence-electron chi connectivity index (χ2n) is 5.82. The van der Waals surface area contributed by atoms with Gasteiger partial charge in [0.1, 0.15) is 11.8 Å². The lowest BCUT2D eigenvalue weighted by Crippen LogP contribution is -2.47. The number of nitro groups is 1. The van der Waals surface area contributed by atoms with Crippen molar-refractivity contribution in [3.63, 3.8) is 0 Å². The maximum absolute atomic E-state index is 12.5. The summed E-state index contributed by atoms with van der Waals surface area (Å²) in [5.74, 6) is -1.84. The maximum atomic E-state index is 12.5. The molecule has 2 aromatic carbocycles. The Labute approximate surface area is 158 Å². The minimum absolute atomic E-state index is 0.00244. The van der Waals surface area contributed by atoms with Crippen LogP contribution in [0.15, 0.2) is 42.5 Å². The van der Waals surface area contributed by atoms with Crippen molar-refractivity contribution in [2.45, 2.75) is 12.5 Å². The molecule has 0 saturated heterocycles. The summed E-state index contributed by atoms with van der Waals surface area (Å²) in [6.07, 6.45) is -0.0528. The van der Waals surface area contributed by atoms with Gasteiger partial charge in [-0.1, -0.05) is 12.1 Å². The first-order chi connectivity index (χ1) is 13.2. The summed E-state index contributed by atoms with van der Waals surface area (Å²) in [5, 5.41) is 50.0. The van der Waals surface area contributed by atoms with Gasteiger partial charge in [0.15, 0.2) is 0 Å². The van der Waals surface area contributed by atoms with Gasteiger partial charge in [0.25, 0.3) is 17.5 Å². The maximum Gasteiger partial charge on any atom is 0.488 e. The molecule has 0 aliphatic carbocycles. The molecule has 0 spiro atoms. The number of aromatic hydroxyl groups is 1. The fraction of sp³-hybridized carbons (Fsp3) is 0.125. The summed E-state index contributed by atoms with van der Waals surface area (Å²) in [4.78, 5) is 34.5. The first kappa shape index (κ1) is 20.8. The first-order valence-corrected chi connectivity index (χ1v) is 7.89. The molecule has 0 radical (unpaired) electrons. The Hall–Kier alpha value is -3.48. The lowest BCUT2D eigenvalue weighted by atomic mass is 9.79. The summed E-state index contributed by atoms with van der Waals surface area (Å²) in [5.41, 5.74) is 0.875. The smallest absolute Gasteiger partial charge is 0.488 e. The van der Waals surface area contributed by atoms with Crippen LogP contribution >= 0.6 is 0 Å². The number of phenolic OH excluding ortho intramolecular Hbond substituents is 1. The Kier molecular flexibility index (Phi) is 6.66. The van der Waals surface area contributed by atoms with E-state index < -0.39 is 35.6 Å². The number of hydrogen-bond acceptors (Lipinski definition) is 8. The average molecular weight is 389 g/mol. The number of nitro benzene ring substituents is 1. The van der Waals surface area contributed by atoms with E-state index in [1.807, 2.05) is 0 Å². The van der Waals surface area contributed by atoms with Gasteiger partial charge in [0.05, 0.1) is 4.92 Å². The third kappa shape index (κ3) is 5.26. The highest BCUT2D eigenvalue weighted by Crippen LogP contribution is 2.14. The van der Waals surface area contributed by atoms with E-state index in [-0.39, 0.29) is 23.2 Å². The highest BCUT2D eigenvalue weighted by atomic mass is 16.6. The third-order valence-corrected chi connectivity index (χ3v) is 3.82. The van der Waals surface area contributed by atoms with Crippen molar-refractivity contribution in [1.29, 1.82) is 0 Å². The topological polar surface area (TPSA) is 182 Å². The number of carbonyl (C=O) groups is 2. The van der Waals surface area contributed by atoms with Crippen LogP contribution in [-0.4, -0.2) is 50.3 Å². The molecule has 0 unspecified atom stereocenters. The van der Waals surface area contributed by atoms with E-state index in [1.54, 1.807) is 0 Å². The quantitative estimate of drug-likeness (QED) is 0.148. The SMILES string of the molecule is O=C(N[C@@H](Cc1ccc(O)cc1)C(=O)NO)c1cc(B(O)O)cc([N+](=O)[O-])c1. The lowest BCUT2D eigenvalue weighted by Gasteiger charge is -2.17. The molecule has 11 nitrogen and oxygen atoms in total. The van der Waals surface area contributed by atoms with Crippen LogP contribution in [-0.2, 0) is 11.2 Å². The highest BCUT2D eigenvalue weighted by molar-refractivity contribution is 6.58. The summed E-state index contributed by atoms with van der Waals surface area (Å²) in [7, 11) is -2.04. The average Bonchev–Trinajstić information content (AvgIpc) is 2.67. The third-order valence-electron chi connectivity index (χ3n) is 3.82. The molecule has 2 aromatic rings. The molecule has 0 aliphatic heterocycles. The van der Waals surface area contributed by atoms with Crippen molar-refractivity contribution >= 4 is 30.1 Å². The number of rotatable bonds is 7. The first-order valence-electron chi connectivity index (χ1n) is 7.89. The Morgan fingerprint density at radius 3 is 2.32 bits per heavy atom. The largest absolute Gasteiger partial charge is 0.508 e. The molecule has 2 rings (SSSR count). The number of non-ortho nitro benzene ring substituents is 1. The molecular formula is C16H16BN3O8. The molecule has 2 amide bonds. The van der Waals surface area contributed by atoms with Crippen LogP contribution in [0.25, 0.3) is 0 Å². The Morgan fingerprint density at radius 1 is 1.14 bits per heavy atom. The number of phenols is 1. The van der Waals surface area contributed by atoms with Gasteiger partial charge in [-0.05, 0) is 29.2 Å². The van der Waals surface area contributed by atoms with Crippen LogP contribution in [0.3, 0.4) is 0 Å². The zero-order chi connectivity index (χ0) is 20.8. The molecule has 146 valence electrons. The number of hydroxylamine groups is 1. The number of hydrogen-bond donors (Lipinski definition) is 6. The molecule has 0 heterocycles. The van der Waals surface area contributed by atoms with Gasteiger partial charge in [-0.2, -0.15) is 0 Å². The molecular weight excluding hydrogens is 373 g/mol. The summed E-state index contributed by atoms with van der Waals surface area (Å²) in [6, 6.07) is 7.36. The van der Waals surface area contributed by atoms with Crippen molar-refractivity contribution < 1.29 is 34.9 Å². The van der Waals surface area contributed by atoms with Gasteiger partial charge in [-0.3, -0.25) is 24.9 Å². The van der Waals surface area contributed by atoms with Gasteiger partial charge in [-0.25, -0.2) is 5.48 Å². The van der Waals surface area contributed by atoms with Crippen LogP contribution in [0.2, 0.25) is 0 Å².